The summed E-state index contributed by atoms with van der Waals surface area (Å²) in [6, 6.07) is 14.8. The molecule has 2 aromatic carbocycles. The lowest BCUT2D eigenvalue weighted by molar-refractivity contribution is -0.138. The number of nitrogens with one attached hydrogen (secondary N) is 1. The molecule has 0 spiro atoms. The monoisotopic (exact) mass is 458 g/mol. The van der Waals surface area contributed by atoms with Crippen LogP contribution in [0.2, 0.25) is 0 Å². The number of hydrogen-bond acceptors (Lipinski definition) is 5. The molecule has 174 valence electrons. The van der Waals surface area contributed by atoms with Crippen molar-refractivity contribution in [3.8, 4) is 11.5 Å². The van der Waals surface area contributed by atoms with E-state index >= 15 is 0 Å². The number of carbonyl (C=O) groups is 2. The molecule has 6 nitrogen and oxygen atoms in total. The van der Waals surface area contributed by atoms with Crippen LogP contribution in [0.5, 0.6) is 11.5 Å². The molecular weight excluding hydrogens is 424 g/mol. The Labute approximate surface area is 195 Å². The van der Waals surface area contributed by atoms with Gasteiger partial charge in [-0.05, 0) is 48.2 Å². The first-order chi connectivity index (χ1) is 15.3. The van der Waals surface area contributed by atoms with Crippen LogP contribution < -0.4 is 14.8 Å². The van der Waals surface area contributed by atoms with Crippen molar-refractivity contribution in [2.24, 2.45) is 5.92 Å². The van der Waals surface area contributed by atoms with Gasteiger partial charge in [0.25, 0.3) is 0 Å². The third-order valence-electron chi connectivity index (χ3n) is 5.02. The molecule has 1 unspecified atom stereocenters. The van der Waals surface area contributed by atoms with Crippen LogP contribution in [-0.4, -0.2) is 49.3 Å². The zero-order chi connectivity index (χ0) is 23.5. The molecule has 0 radical (unpaired) electrons. The normalized spacial score (nSPS) is 11.7. The molecule has 1 atom stereocenters. The summed E-state index contributed by atoms with van der Waals surface area (Å²) in [7, 11) is 3.25. The van der Waals surface area contributed by atoms with Crippen molar-refractivity contribution < 1.29 is 19.1 Å². The molecule has 2 amide bonds. The molecule has 32 heavy (non-hydrogen) atoms. The number of ether oxygens (including phenoxy) is 2. The number of benzene rings is 2. The zero-order valence-electron chi connectivity index (χ0n) is 19.6. The Kier molecular flexibility index (Phi) is 10.4. The maximum atomic E-state index is 13.1. The van der Waals surface area contributed by atoms with Gasteiger partial charge in [0, 0.05) is 18.8 Å². The van der Waals surface area contributed by atoms with Crippen LogP contribution in [0.15, 0.2) is 48.5 Å². The summed E-state index contributed by atoms with van der Waals surface area (Å²) in [6.45, 7) is 6.81. The third kappa shape index (κ3) is 8.11. The zero-order valence-corrected chi connectivity index (χ0v) is 20.4. The van der Waals surface area contributed by atoms with Gasteiger partial charge in [-0.25, -0.2) is 0 Å². The second-order valence-electron chi connectivity index (χ2n) is 8.03. The molecule has 1 N–H and O–H groups in total. The molecule has 2 rings (SSSR count). The SMILES string of the molecule is COc1ccc(CSCC(=O)N(Cc2ccc(OC)cc2)C(C)C(=O)NCC(C)C)cc1. The van der Waals surface area contributed by atoms with E-state index in [0.29, 0.717) is 30.5 Å². The van der Waals surface area contributed by atoms with Crippen molar-refractivity contribution in [1.29, 1.82) is 0 Å². The molecule has 2 aromatic rings. The van der Waals surface area contributed by atoms with E-state index in [1.165, 1.54) is 11.8 Å². The molecule has 0 heterocycles. The maximum Gasteiger partial charge on any atom is 0.242 e. The molecule has 0 aliphatic rings. The van der Waals surface area contributed by atoms with E-state index in [-0.39, 0.29) is 11.8 Å². The van der Waals surface area contributed by atoms with Gasteiger partial charge >= 0.3 is 0 Å². The van der Waals surface area contributed by atoms with Crippen LogP contribution in [-0.2, 0) is 21.9 Å². The van der Waals surface area contributed by atoms with Crippen molar-refractivity contribution in [2.45, 2.75) is 39.1 Å². The standard InChI is InChI=1S/C25H34N2O4S/c1-18(2)14-26-25(29)19(3)27(15-20-6-10-22(30-4)11-7-20)24(28)17-32-16-21-8-12-23(31-5)13-9-21/h6-13,18-19H,14-17H2,1-5H3,(H,26,29). The fraction of sp³-hybridized carbons (Fsp3) is 0.440. The largest absolute Gasteiger partial charge is 0.497 e. The molecule has 0 fully saturated rings. The second-order valence-corrected chi connectivity index (χ2v) is 9.01. The fourth-order valence-corrected chi connectivity index (χ4v) is 3.89. The Morgan fingerprint density at radius 1 is 0.906 bits per heavy atom. The first-order valence-corrected chi connectivity index (χ1v) is 11.9. The van der Waals surface area contributed by atoms with Crippen molar-refractivity contribution in [1.82, 2.24) is 10.2 Å². The van der Waals surface area contributed by atoms with E-state index in [9.17, 15) is 9.59 Å². The Hall–Kier alpha value is -2.67. The van der Waals surface area contributed by atoms with Gasteiger partial charge in [-0.15, -0.1) is 11.8 Å². The van der Waals surface area contributed by atoms with Crippen LogP contribution in [0.4, 0.5) is 0 Å². The number of thioether (sulfide) groups is 1. The Bertz CT molecular complexity index is 853. The summed E-state index contributed by atoms with van der Waals surface area (Å²) in [4.78, 5) is 27.5. The van der Waals surface area contributed by atoms with Gasteiger partial charge in [-0.2, -0.15) is 0 Å². The highest BCUT2D eigenvalue weighted by molar-refractivity contribution is 7.99. The number of nitrogens with zero attached hydrogens (tertiary/aromatic N) is 1. The minimum atomic E-state index is -0.565. The summed E-state index contributed by atoms with van der Waals surface area (Å²) >= 11 is 1.54. The summed E-state index contributed by atoms with van der Waals surface area (Å²) in [5, 5.41) is 2.94. The van der Waals surface area contributed by atoms with E-state index in [1.54, 1.807) is 26.0 Å². The quantitative estimate of drug-likeness (QED) is 0.518. The number of rotatable bonds is 12. The van der Waals surface area contributed by atoms with Crippen molar-refractivity contribution in [2.75, 3.05) is 26.5 Å². The highest BCUT2D eigenvalue weighted by Crippen LogP contribution is 2.19. The van der Waals surface area contributed by atoms with E-state index < -0.39 is 6.04 Å². The van der Waals surface area contributed by atoms with Crippen LogP contribution in [0.3, 0.4) is 0 Å². The topological polar surface area (TPSA) is 67.9 Å². The molecule has 0 aliphatic carbocycles. The smallest absolute Gasteiger partial charge is 0.242 e. The lowest BCUT2D eigenvalue weighted by Gasteiger charge is -2.29. The summed E-state index contributed by atoms with van der Waals surface area (Å²) in [5.74, 6) is 2.71. The molecule has 0 aromatic heterocycles. The minimum Gasteiger partial charge on any atom is -0.497 e. The Morgan fingerprint density at radius 3 is 1.94 bits per heavy atom. The van der Waals surface area contributed by atoms with Gasteiger partial charge in [-0.1, -0.05) is 38.1 Å². The number of hydrogen-bond donors (Lipinski definition) is 1. The predicted octanol–water partition coefficient (Wildman–Crippen LogP) is 4.13. The predicted molar refractivity (Wildman–Crippen MR) is 130 cm³/mol. The first-order valence-electron chi connectivity index (χ1n) is 10.7. The van der Waals surface area contributed by atoms with Crippen molar-refractivity contribution >= 4 is 23.6 Å². The van der Waals surface area contributed by atoms with E-state index in [2.05, 4.69) is 5.32 Å². The lowest BCUT2D eigenvalue weighted by Crippen LogP contribution is -2.48. The molecule has 0 saturated carbocycles. The Morgan fingerprint density at radius 2 is 1.44 bits per heavy atom. The average Bonchev–Trinajstić information content (AvgIpc) is 2.81. The third-order valence-corrected chi connectivity index (χ3v) is 6.01. The summed E-state index contributed by atoms with van der Waals surface area (Å²) in [6.07, 6.45) is 0. The summed E-state index contributed by atoms with van der Waals surface area (Å²) in [5.41, 5.74) is 2.07. The highest BCUT2D eigenvalue weighted by atomic mass is 32.2. The van der Waals surface area contributed by atoms with Gasteiger partial charge < -0.3 is 19.7 Å². The number of amides is 2. The second kappa shape index (κ2) is 13.0. The van der Waals surface area contributed by atoms with E-state index in [1.807, 2.05) is 62.4 Å². The van der Waals surface area contributed by atoms with Gasteiger partial charge in [0.05, 0.1) is 20.0 Å². The van der Waals surface area contributed by atoms with Crippen molar-refractivity contribution in [3.05, 3.63) is 59.7 Å². The average molecular weight is 459 g/mol. The molecular formula is C25H34N2O4S. The van der Waals surface area contributed by atoms with Gasteiger partial charge in [-0.3, -0.25) is 9.59 Å². The first kappa shape index (κ1) is 25.6. The van der Waals surface area contributed by atoms with Crippen LogP contribution >= 0.6 is 11.8 Å². The Balaban J connectivity index is 2.04. The number of carbonyl (C=O) groups excluding carboxylic acids is 2. The van der Waals surface area contributed by atoms with Gasteiger partial charge in [0.2, 0.25) is 11.8 Å². The molecule has 0 aliphatic heterocycles. The van der Waals surface area contributed by atoms with Gasteiger partial charge in [0.15, 0.2) is 0 Å². The van der Waals surface area contributed by atoms with E-state index in [4.69, 9.17) is 9.47 Å². The maximum absolute atomic E-state index is 13.1. The highest BCUT2D eigenvalue weighted by Gasteiger charge is 2.26. The summed E-state index contributed by atoms with van der Waals surface area (Å²) < 4.78 is 10.4. The van der Waals surface area contributed by atoms with Crippen LogP contribution in [0.1, 0.15) is 31.9 Å². The molecule has 7 heteroatoms. The number of methoxy groups -OCH3 is 2. The van der Waals surface area contributed by atoms with Crippen molar-refractivity contribution in [3.63, 3.8) is 0 Å². The van der Waals surface area contributed by atoms with Crippen LogP contribution in [0, 0.1) is 5.92 Å². The van der Waals surface area contributed by atoms with Gasteiger partial charge in [0.1, 0.15) is 17.5 Å². The van der Waals surface area contributed by atoms with Crippen LogP contribution in [0.25, 0.3) is 0 Å². The molecule has 0 bridgehead atoms. The van der Waals surface area contributed by atoms with E-state index in [0.717, 1.165) is 22.6 Å². The minimum absolute atomic E-state index is 0.0634. The lowest BCUT2D eigenvalue weighted by atomic mass is 10.1. The fourth-order valence-electron chi connectivity index (χ4n) is 3.02. The molecule has 0 saturated heterocycles.